The molecule has 10 rings (SSSR count). The molecule has 1 aliphatic carbocycles. The van der Waals surface area contributed by atoms with Crippen molar-refractivity contribution in [2.45, 2.75) is 85.3 Å². The number of ether oxygens (including phenoxy) is 3. The van der Waals surface area contributed by atoms with E-state index in [1.807, 2.05) is 24.9 Å². The minimum Gasteiger partial charge on any atom is -0.492 e. The number of esters is 1. The first-order valence-corrected chi connectivity index (χ1v) is 21.9. The number of benzene rings is 3. The van der Waals surface area contributed by atoms with E-state index in [1.54, 1.807) is 38.5 Å². The Morgan fingerprint density at radius 2 is 1.63 bits per heavy atom. The van der Waals surface area contributed by atoms with Crippen LogP contribution in [0.3, 0.4) is 0 Å². The lowest BCUT2D eigenvalue weighted by atomic mass is 9.54. The lowest BCUT2D eigenvalue weighted by Crippen LogP contribution is -2.73. The number of methoxy groups -OCH3 is 3. The van der Waals surface area contributed by atoms with Crippen molar-refractivity contribution in [2.75, 3.05) is 64.9 Å². The number of likely N-dealkylation sites (N-methyl/N-ethyl adjacent to an activating group) is 2. The van der Waals surface area contributed by atoms with Gasteiger partial charge in [0.1, 0.15) is 4.90 Å². The van der Waals surface area contributed by atoms with Gasteiger partial charge in [0.25, 0.3) is 0 Å². The Balaban J connectivity index is 1.24. The van der Waals surface area contributed by atoms with Gasteiger partial charge in [-0.2, -0.15) is 8.42 Å². The molecule has 4 fully saturated rings. The third-order valence-corrected chi connectivity index (χ3v) is 16.4. The Hall–Kier alpha value is -4.92. The third kappa shape index (κ3) is 4.68. The van der Waals surface area contributed by atoms with Crippen molar-refractivity contribution < 1.29 is 41.2 Å². The van der Waals surface area contributed by atoms with Crippen LogP contribution in [0, 0.1) is 12.3 Å². The minimum atomic E-state index is -4.36. The van der Waals surface area contributed by atoms with Crippen molar-refractivity contribution in [3.63, 3.8) is 0 Å². The number of Topliss-reactive ketones (excluding diaryl/α,β-unsaturated/α-hetero) is 1. The molecule has 310 valence electrons. The van der Waals surface area contributed by atoms with E-state index < -0.39 is 32.0 Å². The number of aryl methyl sites for hydroxylation is 1. The van der Waals surface area contributed by atoms with Crippen LogP contribution < -0.4 is 23.5 Å². The Kier molecular flexibility index (Phi) is 8.30. The zero-order valence-electron chi connectivity index (χ0n) is 34.4. The van der Waals surface area contributed by atoms with Gasteiger partial charge in [-0.1, -0.05) is 42.0 Å². The number of fused-ring (bicyclic) bond motifs is 5. The molecule has 0 aromatic heterocycles. The molecule has 0 unspecified atom stereocenters. The van der Waals surface area contributed by atoms with Crippen molar-refractivity contribution in [3.05, 3.63) is 82.9 Å². The fourth-order valence-corrected chi connectivity index (χ4v) is 13.8. The van der Waals surface area contributed by atoms with E-state index in [2.05, 4.69) is 35.1 Å². The molecule has 0 radical (unpaired) electrons. The molecule has 6 aliphatic heterocycles. The van der Waals surface area contributed by atoms with Gasteiger partial charge < -0.3 is 23.3 Å². The lowest BCUT2D eigenvalue weighted by molar-refractivity contribution is -0.145. The van der Waals surface area contributed by atoms with Gasteiger partial charge in [0.05, 0.1) is 50.6 Å². The largest absolute Gasteiger partial charge is 0.492 e. The molecule has 3 aromatic carbocycles. The molecule has 59 heavy (non-hydrogen) atoms. The molecule has 4 saturated heterocycles. The van der Waals surface area contributed by atoms with Crippen molar-refractivity contribution in [3.8, 4) is 17.2 Å². The molecular weight excluding hydrogens is 773 g/mol. The fourth-order valence-electron chi connectivity index (χ4n) is 12.8. The zero-order valence-corrected chi connectivity index (χ0v) is 35.2. The van der Waals surface area contributed by atoms with E-state index in [4.69, 9.17) is 18.4 Å². The van der Waals surface area contributed by atoms with Crippen molar-refractivity contribution in [2.24, 2.45) is 5.41 Å². The number of carbonyl (C=O) groups excluding carboxylic acids is 3. The number of likely N-dealkylation sites (tertiary alicyclic amines) is 1. The van der Waals surface area contributed by atoms with Crippen LogP contribution in [-0.2, 0) is 40.1 Å². The number of hydrogen-bond donors (Lipinski definition) is 0. The summed E-state index contributed by atoms with van der Waals surface area (Å²) in [7, 11) is 4.22. The molecule has 6 atom stereocenters. The van der Waals surface area contributed by atoms with Crippen molar-refractivity contribution in [1.82, 2.24) is 9.80 Å². The van der Waals surface area contributed by atoms with Gasteiger partial charge in [-0.25, -0.2) is 0 Å². The van der Waals surface area contributed by atoms with Crippen LogP contribution in [0.5, 0.6) is 17.2 Å². The summed E-state index contributed by atoms with van der Waals surface area (Å²) in [5.74, 6) is 0.182. The first-order chi connectivity index (χ1) is 28.3. The number of hydrogen-bond acceptors (Lipinski definition) is 12. The summed E-state index contributed by atoms with van der Waals surface area (Å²) in [4.78, 5) is 51.6. The Morgan fingerprint density at radius 1 is 0.864 bits per heavy atom. The van der Waals surface area contributed by atoms with Gasteiger partial charge in [-0.3, -0.25) is 29.1 Å². The van der Waals surface area contributed by atoms with E-state index in [0.29, 0.717) is 35.6 Å². The average molecular weight is 823 g/mol. The van der Waals surface area contributed by atoms with E-state index >= 15 is 4.79 Å². The quantitative estimate of drug-likeness (QED) is 0.175. The molecule has 7 aliphatic rings. The molecule has 1 amide bonds. The van der Waals surface area contributed by atoms with Gasteiger partial charge >= 0.3 is 16.1 Å². The molecule has 2 bridgehead atoms. The van der Waals surface area contributed by atoms with Gasteiger partial charge in [-0.05, 0) is 88.1 Å². The highest BCUT2D eigenvalue weighted by Crippen LogP contribution is 2.68. The second-order valence-electron chi connectivity index (χ2n) is 17.6. The van der Waals surface area contributed by atoms with Crippen LogP contribution in [0.1, 0.15) is 67.2 Å². The Morgan fingerprint density at radius 3 is 2.36 bits per heavy atom. The molecule has 2 spiro atoms. The summed E-state index contributed by atoms with van der Waals surface area (Å²) in [5, 5.41) is 0. The van der Waals surface area contributed by atoms with E-state index in [9.17, 15) is 18.0 Å². The summed E-state index contributed by atoms with van der Waals surface area (Å²) in [6.07, 6.45) is 8.05. The maximum atomic E-state index is 16.0. The molecule has 13 nitrogen and oxygen atoms in total. The number of amides is 1. The van der Waals surface area contributed by atoms with Crippen LogP contribution >= 0.6 is 0 Å². The van der Waals surface area contributed by atoms with E-state index in [0.717, 1.165) is 49.2 Å². The predicted molar refractivity (Wildman–Crippen MR) is 219 cm³/mol. The van der Waals surface area contributed by atoms with E-state index in [-0.39, 0.29) is 65.3 Å². The standard InChI is InChI=1S/C45H50N4O9S/c1-27-11-13-28(14-12-27)59(53,54)58-32-10-7-9-29-36(32)49-34(50)16-19-45(49)41(52)43(29,20-23-46(45)2)31-25-30-37(39(57-6)38(31)56-5)47(3)33-15-18-42(26-35(51)55-4)17-8-22-48-24-21-44(30,33)40(42)48/h7,9-15,18,25,33,40H,8,16-17,19-24,26H2,1-6H3/t33-,40-,42-,43-,44-,45+/m1/s1. The number of nitrogens with zero attached hydrogens (tertiary/aromatic N) is 4. The summed E-state index contributed by atoms with van der Waals surface area (Å²) >= 11 is 0. The van der Waals surface area contributed by atoms with Crippen LogP contribution in [-0.4, -0.2) is 109 Å². The second-order valence-corrected chi connectivity index (χ2v) is 19.1. The normalized spacial score (nSPS) is 31.6. The lowest BCUT2D eigenvalue weighted by Gasteiger charge is -2.58. The molecule has 14 heteroatoms. The third-order valence-electron chi connectivity index (χ3n) is 15.2. The van der Waals surface area contributed by atoms with Crippen LogP contribution in [0.2, 0.25) is 0 Å². The summed E-state index contributed by atoms with van der Waals surface area (Å²) in [5.41, 5.74) is 0.393. The smallest absolute Gasteiger partial charge is 0.339 e. The van der Waals surface area contributed by atoms with Crippen LogP contribution in [0.4, 0.5) is 11.4 Å². The number of anilines is 2. The Bertz CT molecular complexity index is 2490. The number of ketones is 1. The van der Waals surface area contributed by atoms with Gasteiger partial charge in [0.2, 0.25) is 5.91 Å². The number of rotatable bonds is 8. The van der Waals surface area contributed by atoms with Crippen LogP contribution in [0.15, 0.2) is 65.6 Å². The molecule has 6 heterocycles. The summed E-state index contributed by atoms with van der Waals surface area (Å²) < 4.78 is 52.1. The minimum absolute atomic E-state index is 0.0249. The Labute approximate surface area is 344 Å². The molecule has 0 N–H and O–H groups in total. The second kappa shape index (κ2) is 12.8. The highest BCUT2D eigenvalue weighted by atomic mass is 32.2. The predicted octanol–water partition coefficient (Wildman–Crippen LogP) is 4.85. The first-order valence-electron chi connectivity index (χ1n) is 20.5. The molecular formula is C45H50N4O9S. The van der Waals surface area contributed by atoms with Crippen molar-refractivity contribution >= 4 is 39.2 Å². The maximum Gasteiger partial charge on any atom is 0.339 e. The maximum absolute atomic E-state index is 16.0. The SMILES string of the molecule is COC(=O)C[C@]12C=C[C@H]3N(C)c4c(cc([C@@]56CCN(C)[C@]7(CCC(=O)N7c7c(OS(=O)(=O)c8ccc(C)cc8)cccc75)C6=O)c(OC)c4OC)[C@]34CCN(CCC1)[C@H]24. The highest BCUT2D eigenvalue weighted by molar-refractivity contribution is 7.87. The zero-order chi connectivity index (χ0) is 41.4. The summed E-state index contributed by atoms with van der Waals surface area (Å²) in [6.45, 7) is 4.09. The van der Waals surface area contributed by atoms with E-state index in [1.165, 1.54) is 24.1 Å². The molecule has 0 saturated carbocycles. The van der Waals surface area contributed by atoms with Gasteiger partial charge in [0.15, 0.2) is 28.7 Å². The number of para-hydroxylation sites is 1. The van der Waals surface area contributed by atoms with Gasteiger partial charge in [0, 0.05) is 48.9 Å². The topological polar surface area (TPSA) is 135 Å². The summed E-state index contributed by atoms with van der Waals surface area (Å²) in [6, 6.07) is 13.6. The average Bonchev–Trinajstić information content (AvgIpc) is 3.87. The molecule has 3 aromatic rings. The van der Waals surface area contributed by atoms with Crippen LogP contribution in [0.25, 0.3) is 0 Å². The monoisotopic (exact) mass is 822 g/mol. The van der Waals surface area contributed by atoms with Gasteiger partial charge in [-0.15, -0.1) is 0 Å². The number of piperidine rings is 2. The van der Waals surface area contributed by atoms with Crippen molar-refractivity contribution in [1.29, 1.82) is 0 Å². The first kappa shape index (κ1) is 38.3. The number of carbonyl (C=O) groups is 3. The fraction of sp³-hybridized carbons (Fsp3) is 0.489. The highest BCUT2D eigenvalue weighted by Gasteiger charge is 2.71.